The molecule has 0 radical (unpaired) electrons. The largest absolute Gasteiger partial charge is 0.459 e. The van der Waals surface area contributed by atoms with Crippen LogP contribution < -0.4 is 11.1 Å². The molecule has 0 aliphatic carbocycles. The number of anilines is 1. The number of nitrogens with one attached hydrogen (secondary N) is 1. The van der Waals surface area contributed by atoms with Crippen molar-refractivity contribution < 1.29 is 19.1 Å². The lowest BCUT2D eigenvalue weighted by atomic mass is 10.1. The highest BCUT2D eigenvalue weighted by atomic mass is 79.9. The van der Waals surface area contributed by atoms with E-state index in [9.17, 15) is 14.4 Å². The van der Waals surface area contributed by atoms with Crippen molar-refractivity contribution in [2.45, 2.75) is 26.9 Å². The molecule has 0 unspecified atom stereocenters. The third-order valence-corrected chi connectivity index (χ3v) is 5.06. The van der Waals surface area contributed by atoms with Crippen molar-refractivity contribution in [1.82, 2.24) is 9.78 Å². The summed E-state index contributed by atoms with van der Waals surface area (Å²) in [6.45, 7) is 5.00. The van der Waals surface area contributed by atoms with E-state index in [1.165, 1.54) is 10.9 Å². The Morgan fingerprint density at radius 1 is 1.40 bits per heavy atom. The summed E-state index contributed by atoms with van der Waals surface area (Å²) in [4.78, 5) is 36.7. The Morgan fingerprint density at radius 2 is 2.04 bits per heavy atom. The van der Waals surface area contributed by atoms with Crippen molar-refractivity contribution >= 4 is 50.1 Å². The van der Waals surface area contributed by atoms with Crippen molar-refractivity contribution in [1.29, 1.82) is 0 Å². The maximum atomic E-state index is 12.5. The van der Waals surface area contributed by atoms with Crippen molar-refractivity contribution in [2.75, 3.05) is 5.32 Å². The predicted molar refractivity (Wildman–Crippen MR) is 97.0 cm³/mol. The van der Waals surface area contributed by atoms with Gasteiger partial charge in [0.15, 0.2) is 0 Å². The number of nitrogens with two attached hydrogens (primary N) is 1. The number of halogens is 1. The number of ether oxygens (including phenoxy) is 1. The highest BCUT2D eigenvalue weighted by Gasteiger charge is 2.27. The lowest BCUT2D eigenvalue weighted by Crippen LogP contribution is -2.19. The number of primary amides is 1. The fourth-order valence-corrected chi connectivity index (χ4v) is 3.75. The third kappa shape index (κ3) is 3.90. The normalized spacial score (nSPS) is 10.8. The second kappa shape index (κ2) is 7.36. The molecule has 0 bridgehead atoms. The number of thiophene rings is 1. The molecule has 10 heteroatoms. The summed E-state index contributed by atoms with van der Waals surface area (Å²) < 4.78 is 7.10. The smallest absolute Gasteiger partial charge is 0.341 e. The van der Waals surface area contributed by atoms with Gasteiger partial charge >= 0.3 is 5.97 Å². The van der Waals surface area contributed by atoms with E-state index in [0.717, 1.165) is 11.3 Å². The van der Waals surface area contributed by atoms with E-state index < -0.39 is 17.8 Å². The van der Waals surface area contributed by atoms with Crippen LogP contribution in [0.5, 0.6) is 0 Å². The molecule has 0 aromatic carbocycles. The number of hydrogen-bond donors (Lipinski definition) is 2. The summed E-state index contributed by atoms with van der Waals surface area (Å²) >= 11 is 4.18. The van der Waals surface area contributed by atoms with Gasteiger partial charge in [0.05, 0.1) is 27.2 Å². The average Bonchev–Trinajstić information content (AvgIpc) is 2.98. The summed E-state index contributed by atoms with van der Waals surface area (Å²) in [6.07, 6.45) is 1.13. The number of amides is 2. The van der Waals surface area contributed by atoms with Gasteiger partial charge in [-0.25, -0.2) is 4.79 Å². The molecule has 25 heavy (non-hydrogen) atoms. The first-order valence-electron chi connectivity index (χ1n) is 7.26. The number of hydrogen-bond acceptors (Lipinski definition) is 6. The average molecular weight is 429 g/mol. The molecule has 0 atom stereocenters. The van der Waals surface area contributed by atoms with Gasteiger partial charge in [-0.1, -0.05) is 0 Å². The van der Waals surface area contributed by atoms with Crippen LogP contribution in [0.15, 0.2) is 10.7 Å². The van der Waals surface area contributed by atoms with Crippen molar-refractivity contribution in [3.8, 4) is 0 Å². The second-order valence-electron chi connectivity index (χ2n) is 5.50. The zero-order chi connectivity index (χ0) is 18.9. The molecular weight excluding hydrogens is 412 g/mol. The lowest BCUT2D eigenvalue weighted by molar-refractivity contribution is 0.0379. The van der Waals surface area contributed by atoms with Crippen molar-refractivity contribution in [3.63, 3.8) is 0 Å². The van der Waals surface area contributed by atoms with Crippen LogP contribution in [-0.4, -0.2) is 33.7 Å². The predicted octanol–water partition coefficient (Wildman–Crippen LogP) is 2.47. The van der Waals surface area contributed by atoms with Crippen LogP contribution in [0.2, 0.25) is 0 Å². The first-order valence-corrected chi connectivity index (χ1v) is 8.87. The van der Waals surface area contributed by atoms with Gasteiger partial charge in [0.25, 0.3) is 11.8 Å². The number of carbonyl (C=O) groups excluding carboxylic acids is 3. The Bertz CT molecular complexity index is 837. The summed E-state index contributed by atoms with van der Waals surface area (Å²) in [6, 6.07) is 0. The van der Waals surface area contributed by atoms with Gasteiger partial charge in [-0.3, -0.25) is 14.3 Å². The van der Waals surface area contributed by atoms with Crippen molar-refractivity contribution in [3.05, 3.63) is 32.4 Å². The number of aryl methyl sites for hydroxylation is 1. The minimum Gasteiger partial charge on any atom is -0.459 e. The maximum Gasteiger partial charge on any atom is 0.341 e. The minimum absolute atomic E-state index is 0.124. The Hall–Kier alpha value is -2.20. The molecule has 0 fully saturated rings. The lowest BCUT2D eigenvalue weighted by Gasteiger charge is -2.10. The quantitative estimate of drug-likeness (QED) is 0.709. The molecule has 0 aliphatic heterocycles. The number of esters is 1. The monoisotopic (exact) mass is 428 g/mol. The van der Waals surface area contributed by atoms with E-state index >= 15 is 0 Å². The van der Waals surface area contributed by atoms with Crippen LogP contribution >= 0.6 is 27.3 Å². The zero-order valence-corrected chi connectivity index (χ0v) is 16.4. The van der Waals surface area contributed by atoms with Gasteiger partial charge in [0.2, 0.25) is 0 Å². The molecule has 134 valence electrons. The van der Waals surface area contributed by atoms with Crippen LogP contribution in [0, 0.1) is 6.92 Å². The molecule has 2 heterocycles. The summed E-state index contributed by atoms with van der Waals surface area (Å²) in [5, 5.41) is 6.82. The van der Waals surface area contributed by atoms with E-state index in [2.05, 4.69) is 26.3 Å². The van der Waals surface area contributed by atoms with Crippen molar-refractivity contribution in [2.24, 2.45) is 12.8 Å². The Kier molecular flexibility index (Phi) is 5.63. The van der Waals surface area contributed by atoms with Gasteiger partial charge in [-0.2, -0.15) is 5.10 Å². The SMILES string of the molecule is Cc1c(C(N)=O)sc(NC(=O)c2c(Br)cnn2C)c1C(=O)OC(C)C. The Balaban J connectivity index is 2.46. The second-order valence-corrected chi connectivity index (χ2v) is 7.37. The van der Waals surface area contributed by atoms with Gasteiger partial charge in [-0.05, 0) is 42.3 Å². The van der Waals surface area contributed by atoms with E-state index in [0.29, 0.717) is 10.0 Å². The molecule has 0 aliphatic rings. The highest BCUT2D eigenvalue weighted by Crippen LogP contribution is 2.34. The fourth-order valence-electron chi connectivity index (χ4n) is 2.18. The van der Waals surface area contributed by atoms with Gasteiger partial charge < -0.3 is 15.8 Å². The molecule has 3 N–H and O–H groups in total. The molecule has 2 aromatic heterocycles. The van der Waals surface area contributed by atoms with Crippen LogP contribution in [-0.2, 0) is 11.8 Å². The Labute approximate surface area is 156 Å². The zero-order valence-electron chi connectivity index (χ0n) is 14.0. The van der Waals surface area contributed by atoms with Crippen LogP contribution in [0.1, 0.15) is 49.9 Å². The molecule has 8 nitrogen and oxygen atoms in total. The third-order valence-electron chi connectivity index (χ3n) is 3.25. The summed E-state index contributed by atoms with van der Waals surface area (Å²) in [7, 11) is 1.61. The molecule has 0 spiro atoms. The molecule has 0 saturated heterocycles. The summed E-state index contributed by atoms with van der Waals surface area (Å²) in [5.74, 6) is -1.79. The number of rotatable bonds is 5. The standard InChI is InChI=1S/C15H17BrN4O4S/c1-6(2)24-15(23)9-7(3)11(12(17)21)25-14(9)19-13(22)10-8(16)5-18-20(10)4/h5-6H,1-4H3,(H2,17,21)(H,19,22). The minimum atomic E-state index is -0.677. The maximum absolute atomic E-state index is 12.5. The first-order chi connectivity index (χ1) is 11.6. The van der Waals surface area contributed by atoms with E-state index in [1.54, 1.807) is 27.8 Å². The van der Waals surface area contributed by atoms with Crippen LogP contribution in [0.3, 0.4) is 0 Å². The highest BCUT2D eigenvalue weighted by molar-refractivity contribution is 9.10. The Morgan fingerprint density at radius 3 is 2.52 bits per heavy atom. The van der Waals surface area contributed by atoms with Gasteiger partial charge in [0.1, 0.15) is 10.7 Å². The molecule has 0 saturated carbocycles. The first kappa shape index (κ1) is 19.1. The van der Waals surface area contributed by atoms with E-state index in [4.69, 9.17) is 10.5 Å². The number of nitrogens with zero attached hydrogens (tertiary/aromatic N) is 2. The fraction of sp³-hybridized carbons (Fsp3) is 0.333. The summed E-state index contributed by atoms with van der Waals surface area (Å²) in [5.41, 5.74) is 6.13. The molecule has 2 amide bonds. The molecule has 2 rings (SSSR count). The number of aromatic nitrogens is 2. The van der Waals surface area contributed by atoms with Crippen LogP contribution in [0.25, 0.3) is 0 Å². The topological polar surface area (TPSA) is 116 Å². The van der Waals surface area contributed by atoms with Crippen LogP contribution in [0.4, 0.5) is 5.00 Å². The van der Waals surface area contributed by atoms with E-state index in [1.807, 2.05) is 0 Å². The molecule has 2 aromatic rings. The van der Waals surface area contributed by atoms with Gasteiger partial charge in [-0.15, -0.1) is 11.3 Å². The number of carbonyl (C=O) groups is 3. The van der Waals surface area contributed by atoms with E-state index in [-0.39, 0.29) is 27.2 Å². The van der Waals surface area contributed by atoms with Gasteiger partial charge in [0, 0.05) is 7.05 Å². The molecular formula is C15H17BrN4O4S.